The first-order valence-corrected chi connectivity index (χ1v) is 12.9. The van der Waals surface area contributed by atoms with E-state index in [2.05, 4.69) is 63.3 Å². The number of primary amides is 1. The molecule has 2 aromatic heterocycles. The van der Waals surface area contributed by atoms with E-state index in [0.29, 0.717) is 24.1 Å². The normalized spacial score (nSPS) is 18.3. The van der Waals surface area contributed by atoms with Gasteiger partial charge < -0.3 is 16.0 Å². The summed E-state index contributed by atoms with van der Waals surface area (Å²) in [7, 11) is 0. The van der Waals surface area contributed by atoms with Crippen molar-refractivity contribution in [3.05, 3.63) is 82.9 Å². The van der Waals surface area contributed by atoms with Crippen LogP contribution in [0.15, 0.2) is 66.7 Å². The highest BCUT2D eigenvalue weighted by Gasteiger charge is 2.24. The molecule has 6 nitrogen and oxygen atoms in total. The topological polar surface area (TPSA) is 99.8 Å². The number of carbonyl (C=O) groups is 1. The Balaban J connectivity index is 1.47. The molecule has 0 spiro atoms. The average Bonchev–Trinajstić information content (AvgIpc) is 3.50. The van der Waals surface area contributed by atoms with Crippen molar-refractivity contribution in [2.24, 2.45) is 11.5 Å². The minimum atomic E-state index is -0.430. The Bertz CT molecular complexity index is 1540. The molecule has 3 aromatic carbocycles. The van der Waals surface area contributed by atoms with Crippen LogP contribution in [0, 0.1) is 0 Å². The van der Waals surface area contributed by atoms with Crippen molar-refractivity contribution < 1.29 is 4.79 Å². The fourth-order valence-electron chi connectivity index (χ4n) is 5.23. The molecule has 0 saturated heterocycles. The van der Waals surface area contributed by atoms with Crippen LogP contribution in [0.2, 0.25) is 0 Å². The van der Waals surface area contributed by atoms with Gasteiger partial charge >= 0.3 is 0 Å². The van der Waals surface area contributed by atoms with Gasteiger partial charge in [0.2, 0.25) is 5.91 Å². The van der Waals surface area contributed by atoms with Crippen LogP contribution in [0.3, 0.4) is 0 Å². The van der Waals surface area contributed by atoms with Crippen molar-refractivity contribution in [1.82, 2.24) is 14.8 Å². The number of rotatable bonds is 5. The molecular formula is C28H27N5OS. The third-order valence-corrected chi connectivity index (χ3v) is 8.29. The van der Waals surface area contributed by atoms with Crippen LogP contribution in [0.4, 0.5) is 0 Å². The van der Waals surface area contributed by atoms with Gasteiger partial charge in [0.1, 0.15) is 5.01 Å². The minimum Gasteiger partial charge on any atom is -0.366 e. The number of fused-ring (bicyclic) bond motifs is 2. The van der Waals surface area contributed by atoms with E-state index in [9.17, 15) is 4.79 Å². The van der Waals surface area contributed by atoms with Crippen LogP contribution >= 0.6 is 11.3 Å². The van der Waals surface area contributed by atoms with E-state index in [1.54, 1.807) is 17.4 Å². The number of hydrogen-bond donors (Lipinski definition) is 2. The first-order chi connectivity index (χ1) is 17.1. The van der Waals surface area contributed by atoms with Crippen molar-refractivity contribution in [1.29, 1.82) is 0 Å². The lowest BCUT2D eigenvalue weighted by atomic mass is 9.87. The summed E-state index contributed by atoms with van der Waals surface area (Å²) in [6, 6.07) is 22.9. The van der Waals surface area contributed by atoms with E-state index in [1.165, 1.54) is 16.3 Å². The summed E-state index contributed by atoms with van der Waals surface area (Å²) in [6.07, 6.45) is 4.21. The van der Waals surface area contributed by atoms with Gasteiger partial charge in [-0.25, -0.2) is 0 Å². The van der Waals surface area contributed by atoms with Gasteiger partial charge in [0.15, 0.2) is 5.01 Å². The van der Waals surface area contributed by atoms with Gasteiger partial charge in [-0.2, -0.15) is 0 Å². The molecule has 0 radical (unpaired) electrons. The molecule has 1 aliphatic carbocycles. The molecular weight excluding hydrogens is 454 g/mol. The fourth-order valence-corrected chi connectivity index (χ4v) is 6.26. The quantitative estimate of drug-likeness (QED) is 0.349. The molecule has 6 rings (SSSR count). The molecule has 1 amide bonds. The predicted molar refractivity (Wildman–Crippen MR) is 142 cm³/mol. The highest BCUT2D eigenvalue weighted by molar-refractivity contribution is 7.14. The second kappa shape index (κ2) is 8.91. The highest BCUT2D eigenvalue weighted by Crippen LogP contribution is 2.38. The van der Waals surface area contributed by atoms with Gasteiger partial charge in [-0.1, -0.05) is 59.9 Å². The summed E-state index contributed by atoms with van der Waals surface area (Å²) in [6.45, 7) is 0.648. The SMILES string of the molecule is NC(=O)c1ccc2cc(-c3nnc(C4CCC(N)CC4)s3)n(Cc3cccc4ccccc34)c2c1. The first kappa shape index (κ1) is 21.9. The molecule has 4 N–H and O–H groups in total. The molecule has 0 aliphatic heterocycles. The maximum atomic E-state index is 12.0. The van der Waals surface area contributed by atoms with Crippen molar-refractivity contribution >= 4 is 38.9 Å². The largest absolute Gasteiger partial charge is 0.366 e. The summed E-state index contributed by atoms with van der Waals surface area (Å²) in [5.41, 5.74) is 15.4. The van der Waals surface area contributed by atoms with E-state index >= 15 is 0 Å². The van der Waals surface area contributed by atoms with Crippen LogP contribution in [-0.4, -0.2) is 26.7 Å². The summed E-state index contributed by atoms with van der Waals surface area (Å²) in [5.74, 6) is -0.00141. The Labute approximate surface area is 207 Å². The number of nitrogens with zero attached hydrogens (tertiary/aromatic N) is 3. The Kier molecular flexibility index (Phi) is 5.59. The van der Waals surface area contributed by atoms with Crippen molar-refractivity contribution in [2.45, 2.75) is 44.2 Å². The van der Waals surface area contributed by atoms with Gasteiger partial charge in [-0.05, 0) is 60.2 Å². The lowest BCUT2D eigenvalue weighted by molar-refractivity contribution is 0.100. The molecule has 0 unspecified atom stereocenters. The van der Waals surface area contributed by atoms with Crippen LogP contribution < -0.4 is 11.5 Å². The number of aromatic nitrogens is 3. The van der Waals surface area contributed by atoms with Crippen molar-refractivity contribution in [2.75, 3.05) is 0 Å². The second-order valence-electron chi connectivity index (χ2n) is 9.45. The maximum Gasteiger partial charge on any atom is 0.248 e. The fraction of sp³-hybridized carbons (Fsp3) is 0.250. The molecule has 0 bridgehead atoms. The predicted octanol–water partition coefficient (Wildman–Crippen LogP) is 5.45. The molecule has 1 saturated carbocycles. The molecule has 1 fully saturated rings. The highest BCUT2D eigenvalue weighted by atomic mass is 32.1. The van der Waals surface area contributed by atoms with Crippen LogP contribution in [0.5, 0.6) is 0 Å². The van der Waals surface area contributed by atoms with Crippen LogP contribution in [-0.2, 0) is 6.54 Å². The summed E-state index contributed by atoms with van der Waals surface area (Å²) in [4.78, 5) is 12.0. The van der Waals surface area contributed by atoms with Gasteiger partial charge in [0.25, 0.3) is 0 Å². The first-order valence-electron chi connectivity index (χ1n) is 12.1. The number of amides is 1. The van der Waals surface area contributed by atoms with Gasteiger partial charge in [-0.15, -0.1) is 10.2 Å². The maximum absolute atomic E-state index is 12.0. The average molecular weight is 482 g/mol. The Morgan fingerprint density at radius 2 is 1.74 bits per heavy atom. The lowest BCUT2D eigenvalue weighted by Crippen LogP contribution is -2.25. The second-order valence-corrected chi connectivity index (χ2v) is 10.5. The van der Waals surface area contributed by atoms with E-state index in [1.807, 2.05) is 12.1 Å². The van der Waals surface area contributed by atoms with Crippen molar-refractivity contribution in [3.8, 4) is 10.7 Å². The third-order valence-electron chi connectivity index (χ3n) is 7.18. The lowest BCUT2D eigenvalue weighted by Gasteiger charge is -2.23. The third kappa shape index (κ3) is 4.11. The van der Waals surface area contributed by atoms with Crippen LogP contribution in [0.1, 0.15) is 52.5 Å². The Morgan fingerprint density at radius 3 is 2.57 bits per heavy atom. The Morgan fingerprint density at radius 1 is 0.943 bits per heavy atom. The monoisotopic (exact) mass is 481 g/mol. The van der Waals surface area contributed by atoms with Gasteiger partial charge in [0, 0.05) is 35.0 Å². The molecule has 7 heteroatoms. The zero-order valence-corrected chi connectivity index (χ0v) is 20.2. The number of carbonyl (C=O) groups excluding carboxylic acids is 1. The molecule has 0 atom stereocenters. The van der Waals surface area contributed by atoms with Gasteiger partial charge in [0.05, 0.1) is 5.69 Å². The smallest absolute Gasteiger partial charge is 0.248 e. The summed E-state index contributed by atoms with van der Waals surface area (Å²) >= 11 is 1.67. The Hall–Kier alpha value is -3.55. The van der Waals surface area contributed by atoms with Crippen molar-refractivity contribution in [3.63, 3.8) is 0 Å². The number of hydrogen-bond acceptors (Lipinski definition) is 5. The zero-order valence-electron chi connectivity index (χ0n) is 19.4. The molecule has 176 valence electrons. The van der Waals surface area contributed by atoms with Crippen LogP contribution in [0.25, 0.3) is 32.4 Å². The van der Waals surface area contributed by atoms with E-state index in [4.69, 9.17) is 11.5 Å². The van der Waals surface area contributed by atoms with E-state index in [0.717, 1.165) is 52.3 Å². The van der Waals surface area contributed by atoms with E-state index in [-0.39, 0.29) is 0 Å². The molecule has 5 aromatic rings. The zero-order chi connectivity index (χ0) is 23.9. The standard InChI is InChI=1S/C28H27N5OS/c29-22-12-10-18(11-13-22)27-31-32-28(35-27)25-14-19-8-9-20(26(30)34)15-24(19)33(25)16-21-6-3-5-17-4-1-2-7-23(17)21/h1-9,14-15,18,22H,10-13,16,29H2,(H2,30,34). The molecule has 1 aliphatic rings. The minimum absolute atomic E-state index is 0.307. The van der Waals surface area contributed by atoms with E-state index < -0.39 is 5.91 Å². The molecule has 2 heterocycles. The molecule has 35 heavy (non-hydrogen) atoms. The summed E-state index contributed by atoms with van der Waals surface area (Å²) < 4.78 is 2.24. The number of benzene rings is 3. The number of nitrogens with two attached hydrogens (primary N) is 2. The van der Waals surface area contributed by atoms with Gasteiger partial charge in [-0.3, -0.25) is 4.79 Å². The summed E-state index contributed by atoms with van der Waals surface area (Å²) in [5, 5.41) is 14.7.